The standard InChI is InChI=1S/C21H36N4O2.2ClH/c1-16-3-2-4-17(13-16)23-19(26)15-24-9-11-25(12-10-24)20(27)18-14-21(18)5-7-22-8-6-21;;/h16-18,22H,2-15H2,1H3,(H,23,26);2*1H. The summed E-state index contributed by atoms with van der Waals surface area (Å²) >= 11 is 0. The van der Waals surface area contributed by atoms with E-state index < -0.39 is 0 Å². The summed E-state index contributed by atoms with van der Waals surface area (Å²) in [5, 5.41) is 6.64. The molecule has 3 atom stereocenters. The number of piperidine rings is 1. The number of nitrogens with one attached hydrogen (secondary N) is 2. The van der Waals surface area contributed by atoms with Gasteiger partial charge in [-0.2, -0.15) is 0 Å². The molecule has 0 aromatic carbocycles. The predicted octanol–water partition coefficient (Wildman–Crippen LogP) is 2.06. The van der Waals surface area contributed by atoms with Crippen LogP contribution in [0.25, 0.3) is 0 Å². The van der Waals surface area contributed by atoms with Crippen LogP contribution in [-0.4, -0.2) is 73.5 Å². The summed E-state index contributed by atoms with van der Waals surface area (Å²) in [5.74, 6) is 1.52. The van der Waals surface area contributed by atoms with Gasteiger partial charge in [-0.3, -0.25) is 14.5 Å². The summed E-state index contributed by atoms with van der Waals surface area (Å²) in [6.07, 6.45) is 8.17. The maximum absolute atomic E-state index is 12.9. The Balaban J connectivity index is 0.00000150. The third-order valence-electron chi connectivity index (χ3n) is 7.44. The average Bonchev–Trinajstić information content (AvgIpc) is 3.35. The van der Waals surface area contributed by atoms with Crippen molar-refractivity contribution in [1.29, 1.82) is 0 Å². The molecule has 2 aliphatic heterocycles. The number of piperazine rings is 1. The van der Waals surface area contributed by atoms with Crippen molar-refractivity contribution in [3.63, 3.8) is 0 Å². The van der Waals surface area contributed by atoms with Crippen molar-refractivity contribution in [2.75, 3.05) is 45.8 Å². The fourth-order valence-electron chi connectivity index (χ4n) is 5.56. The van der Waals surface area contributed by atoms with E-state index in [4.69, 9.17) is 0 Å². The normalized spacial score (nSPS) is 31.3. The number of rotatable bonds is 4. The number of hydrogen-bond donors (Lipinski definition) is 2. The molecule has 3 unspecified atom stereocenters. The van der Waals surface area contributed by atoms with Crippen LogP contribution in [0.3, 0.4) is 0 Å². The zero-order valence-corrected chi connectivity index (χ0v) is 19.3. The van der Waals surface area contributed by atoms with Gasteiger partial charge in [0.25, 0.3) is 0 Å². The van der Waals surface area contributed by atoms with E-state index in [1.165, 1.54) is 12.8 Å². The van der Waals surface area contributed by atoms with Crippen LogP contribution in [0.15, 0.2) is 0 Å². The van der Waals surface area contributed by atoms with Gasteiger partial charge in [-0.15, -0.1) is 24.8 Å². The number of halogens is 2. The summed E-state index contributed by atoms with van der Waals surface area (Å²) in [5.41, 5.74) is 0.316. The third kappa shape index (κ3) is 5.99. The summed E-state index contributed by atoms with van der Waals surface area (Å²) < 4.78 is 0. The van der Waals surface area contributed by atoms with Crippen LogP contribution in [0.4, 0.5) is 0 Å². The largest absolute Gasteiger partial charge is 0.352 e. The van der Waals surface area contributed by atoms with Gasteiger partial charge in [0, 0.05) is 38.1 Å². The Morgan fingerprint density at radius 3 is 2.41 bits per heavy atom. The Bertz CT molecular complexity index is 563. The van der Waals surface area contributed by atoms with Gasteiger partial charge < -0.3 is 15.5 Å². The molecular weight excluding hydrogens is 411 g/mol. The van der Waals surface area contributed by atoms with Gasteiger partial charge in [-0.25, -0.2) is 0 Å². The van der Waals surface area contributed by atoms with Crippen molar-refractivity contribution >= 4 is 36.6 Å². The lowest BCUT2D eigenvalue weighted by Crippen LogP contribution is -2.52. The molecule has 168 valence electrons. The molecule has 2 N–H and O–H groups in total. The van der Waals surface area contributed by atoms with Crippen LogP contribution >= 0.6 is 24.8 Å². The highest BCUT2D eigenvalue weighted by Crippen LogP contribution is 2.59. The second-order valence-corrected chi connectivity index (χ2v) is 9.51. The molecule has 0 aromatic heterocycles. The second kappa shape index (κ2) is 10.7. The highest BCUT2D eigenvalue weighted by atomic mass is 35.5. The maximum atomic E-state index is 12.9. The number of nitrogens with zero attached hydrogens (tertiary/aromatic N) is 2. The first-order valence-electron chi connectivity index (χ1n) is 11.1. The molecule has 8 heteroatoms. The van der Waals surface area contributed by atoms with Gasteiger partial charge in [-0.05, 0) is 56.5 Å². The smallest absolute Gasteiger partial charge is 0.234 e. The first-order valence-corrected chi connectivity index (χ1v) is 11.1. The van der Waals surface area contributed by atoms with Crippen molar-refractivity contribution in [2.24, 2.45) is 17.3 Å². The number of amides is 2. The summed E-state index contributed by atoms with van der Waals surface area (Å²) in [7, 11) is 0. The second-order valence-electron chi connectivity index (χ2n) is 9.51. The maximum Gasteiger partial charge on any atom is 0.234 e. The van der Waals surface area contributed by atoms with E-state index in [0.29, 0.717) is 23.9 Å². The van der Waals surface area contributed by atoms with E-state index in [0.717, 1.165) is 77.3 Å². The number of carbonyl (C=O) groups excluding carboxylic acids is 2. The van der Waals surface area contributed by atoms with Crippen LogP contribution in [-0.2, 0) is 9.59 Å². The Kier molecular flexibility index (Phi) is 9.07. The van der Waals surface area contributed by atoms with E-state index in [9.17, 15) is 9.59 Å². The fourth-order valence-corrected chi connectivity index (χ4v) is 5.56. The van der Waals surface area contributed by atoms with Crippen molar-refractivity contribution in [3.05, 3.63) is 0 Å². The van der Waals surface area contributed by atoms with Crippen molar-refractivity contribution in [2.45, 2.75) is 57.9 Å². The van der Waals surface area contributed by atoms with Gasteiger partial charge in [0.1, 0.15) is 0 Å². The van der Waals surface area contributed by atoms with E-state index in [-0.39, 0.29) is 36.6 Å². The third-order valence-corrected chi connectivity index (χ3v) is 7.44. The van der Waals surface area contributed by atoms with Crippen LogP contribution in [0.1, 0.15) is 51.9 Å². The molecule has 2 saturated heterocycles. The Labute approximate surface area is 187 Å². The first kappa shape index (κ1) is 24.7. The molecule has 4 aliphatic rings. The van der Waals surface area contributed by atoms with Crippen molar-refractivity contribution in [1.82, 2.24) is 20.4 Å². The van der Waals surface area contributed by atoms with Crippen LogP contribution in [0.5, 0.6) is 0 Å². The monoisotopic (exact) mass is 448 g/mol. The Morgan fingerprint density at radius 2 is 1.76 bits per heavy atom. The van der Waals surface area contributed by atoms with E-state index >= 15 is 0 Å². The molecule has 1 spiro atoms. The summed E-state index contributed by atoms with van der Waals surface area (Å²) in [4.78, 5) is 29.5. The molecule has 0 aromatic rings. The Hall–Kier alpha value is -0.560. The SMILES string of the molecule is CC1CCCC(NC(=O)CN2CCN(C(=O)C3CC34CCNCC4)CC2)C1.Cl.Cl. The molecule has 2 heterocycles. The lowest BCUT2D eigenvalue weighted by atomic mass is 9.87. The van der Waals surface area contributed by atoms with Gasteiger partial charge in [0.05, 0.1) is 6.54 Å². The minimum atomic E-state index is 0. The quantitative estimate of drug-likeness (QED) is 0.690. The average molecular weight is 449 g/mol. The molecule has 0 radical (unpaired) electrons. The van der Waals surface area contributed by atoms with Crippen molar-refractivity contribution in [3.8, 4) is 0 Å². The topological polar surface area (TPSA) is 64.7 Å². The predicted molar refractivity (Wildman–Crippen MR) is 120 cm³/mol. The highest BCUT2D eigenvalue weighted by Gasteiger charge is 2.58. The van der Waals surface area contributed by atoms with Crippen molar-refractivity contribution < 1.29 is 9.59 Å². The van der Waals surface area contributed by atoms with Gasteiger partial charge in [0.2, 0.25) is 11.8 Å². The summed E-state index contributed by atoms with van der Waals surface area (Å²) in [6, 6.07) is 0.361. The molecule has 4 fully saturated rings. The van der Waals surface area contributed by atoms with Gasteiger partial charge in [0.15, 0.2) is 0 Å². The van der Waals surface area contributed by atoms with E-state index in [1.54, 1.807) is 0 Å². The molecular formula is C21H38Cl2N4O2. The number of hydrogen-bond acceptors (Lipinski definition) is 4. The number of carbonyl (C=O) groups is 2. The van der Waals surface area contributed by atoms with Gasteiger partial charge in [-0.1, -0.05) is 19.8 Å². The zero-order valence-electron chi connectivity index (χ0n) is 17.7. The van der Waals surface area contributed by atoms with E-state index in [2.05, 4.69) is 27.4 Å². The lowest BCUT2D eigenvalue weighted by Gasteiger charge is -2.35. The molecule has 2 saturated carbocycles. The van der Waals surface area contributed by atoms with Crippen LogP contribution < -0.4 is 10.6 Å². The zero-order chi connectivity index (χ0) is 18.9. The van der Waals surface area contributed by atoms with Crippen LogP contribution in [0, 0.1) is 17.3 Å². The molecule has 2 aliphatic carbocycles. The summed E-state index contributed by atoms with van der Waals surface area (Å²) in [6.45, 7) is 8.07. The minimum absolute atomic E-state index is 0. The first-order chi connectivity index (χ1) is 13.1. The molecule has 4 rings (SSSR count). The fraction of sp³-hybridized carbons (Fsp3) is 0.905. The molecule has 29 heavy (non-hydrogen) atoms. The molecule has 0 bridgehead atoms. The minimum Gasteiger partial charge on any atom is -0.352 e. The molecule has 2 amide bonds. The highest BCUT2D eigenvalue weighted by molar-refractivity contribution is 5.85. The van der Waals surface area contributed by atoms with E-state index in [1.807, 2.05) is 0 Å². The molecule has 6 nitrogen and oxygen atoms in total. The van der Waals surface area contributed by atoms with Crippen LogP contribution in [0.2, 0.25) is 0 Å². The lowest BCUT2D eigenvalue weighted by molar-refractivity contribution is -0.135. The Morgan fingerprint density at radius 1 is 1.07 bits per heavy atom. The van der Waals surface area contributed by atoms with Gasteiger partial charge >= 0.3 is 0 Å².